The summed E-state index contributed by atoms with van der Waals surface area (Å²) in [5.41, 5.74) is 0. The van der Waals surface area contributed by atoms with E-state index >= 15 is 0 Å². The van der Waals surface area contributed by atoms with Crippen LogP contribution in [0.15, 0.2) is 33.1 Å². The van der Waals surface area contributed by atoms with Gasteiger partial charge < -0.3 is 8.83 Å². The predicted octanol–water partition coefficient (Wildman–Crippen LogP) is 4.75. The fourth-order valence-corrected chi connectivity index (χ4v) is 2.40. The molecule has 0 bridgehead atoms. The Kier molecular flexibility index (Phi) is 4.48. The van der Waals surface area contributed by atoms with Crippen molar-refractivity contribution in [2.24, 2.45) is 0 Å². The summed E-state index contributed by atoms with van der Waals surface area (Å²) in [5, 5.41) is 0. The number of hydrogen-bond donors (Lipinski definition) is 0. The first-order valence-corrected chi connectivity index (χ1v) is 7.10. The van der Waals surface area contributed by atoms with Gasteiger partial charge in [-0.1, -0.05) is 13.8 Å². The maximum Gasteiger partial charge on any atom is 0.134 e. The third-order valence-corrected chi connectivity index (χ3v) is 3.56. The summed E-state index contributed by atoms with van der Waals surface area (Å²) in [5.74, 6) is 4.05. The van der Waals surface area contributed by atoms with Gasteiger partial charge in [-0.2, -0.15) is 0 Å². The zero-order valence-electron chi connectivity index (χ0n) is 12.6. The first-order chi connectivity index (χ1) is 9.45. The van der Waals surface area contributed by atoms with Crippen LogP contribution in [0.3, 0.4) is 0 Å². The van der Waals surface area contributed by atoms with Crippen LogP contribution < -0.4 is 0 Å². The quantitative estimate of drug-likeness (QED) is 0.763. The van der Waals surface area contributed by atoms with Crippen LogP contribution in [0.1, 0.15) is 61.6 Å². The third kappa shape index (κ3) is 3.62. The standard InChI is InChI=1S/C17H22O3/c1-11(16-7-5-13(3)19-16)9-15(18)10-12(2)17-8-6-14(4)20-17/h5-8,11-12H,9-10H2,1-4H3. The first kappa shape index (κ1) is 14.6. The Morgan fingerprint density at radius 1 is 0.900 bits per heavy atom. The van der Waals surface area contributed by atoms with Crippen molar-refractivity contribution in [2.45, 2.75) is 52.4 Å². The normalized spacial score (nSPS) is 14.2. The van der Waals surface area contributed by atoms with E-state index in [2.05, 4.69) is 0 Å². The molecule has 2 aromatic rings. The van der Waals surface area contributed by atoms with E-state index in [0.717, 1.165) is 23.0 Å². The number of ketones is 1. The highest BCUT2D eigenvalue weighted by molar-refractivity contribution is 5.79. The van der Waals surface area contributed by atoms with E-state index in [4.69, 9.17) is 8.83 Å². The summed E-state index contributed by atoms with van der Waals surface area (Å²) in [7, 11) is 0. The molecule has 0 saturated carbocycles. The molecule has 0 aromatic carbocycles. The molecule has 0 aliphatic rings. The van der Waals surface area contributed by atoms with E-state index in [-0.39, 0.29) is 17.6 Å². The van der Waals surface area contributed by atoms with Gasteiger partial charge in [0.05, 0.1) is 0 Å². The average molecular weight is 274 g/mol. The number of hydrogen-bond acceptors (Lipinski definition) is 3. The molecule has 2 atom stereocenters. The molecule has 0 spiro atoms. The molecule has 0 aliphatic carbocycles. The second-order valence-corrected chi connectivity index (χ2v) is 5.65. The van der Waals surface area contributed by atoms with Crippen molar-refractivity contribution in [3.63, 3.8) is 0 Å². The Bertz CT molecular complexity index is 526. The number of rotatable bonds is 6. The lowest BCUT2D eigenvalue weighted by Gasteiger charge is -2.11. The second-order valence-electron chi connectivity index (χ2n) is 5.65. The van der Waals surface area contributed by atoms with Gasteiger partial charge in [0.1, 0.15) is 28.8 Å². The number of furan rings is 2. The Morgan fingerprint density at radius 3 is 1.60 bits per heavy atom. The molecule has 2 heterocycles. The fourth-order valence-electron chi connectivity index (χ4n) is 2.40. The summed E-state index contributed by atoms with van der Waals surface area (Å²) in [6, 6.07) is 7.77. The number of carbonyl (C=O) groups excluding carboxylic acids is 1. The fraction of sp³-hybridized carbons (Fsp3) is 0.471. The van der Waals surface area contributed by atoms with Crippen molar-refractivity contribution in [2.75, 3.05) is 0 Å². The average Bonchev–Trinajstić information content (AvgIpc) is 2.97. The van der Waals surface area contributed by atoms with Gasteiger partial charge in [-0.05, 0) is 38.1 Å². The van der Waals surface area contributed by atoms with Crippen molar-refractivity contribution in [3.8, 4) is 0 Å². The third-order valence-electron chi connectivity index (χ3n) is 3.56. The van der Waals surface area contributed by atoms with Crippen molar-refractivity contribution in [3.05, 3.63) is 47.3 Å². The van der Waals surface area contributed by atoms with Crippen molar-refractivity contribution in [1.82, 2.24) is 0 Å². The van der Waals surface area contributed by atoms with Gasteiger partial charge >= 0.3 is 0 Å². The molecule has 2 unspecified atom stereocenters. The summed E-state index contributed by atoms with van der Waals surface area (Å²) in [6.07, 6.45) is 1.02. The van der Waals surface area contributed by atoms with Crippen LogP contribution in [0.5, 0.6) is 0 Å². The highest BCUT2D eigenvalue weighted by Crippen LogP contribution is 2.26. The van der Waals surface area contributed by atoms with Crippen LogP contribution in [0.25, 0.3) is 0 Å². The molecule has 20 heavy (non-hydrogen) atoms. The van der Waals surface area contributed by atoms with Crippen LogP contribution in [0.2, 0.25) is 0 Å². The smallest absolute Gasteiger partial charge is 0.134 e. The van der Waals surface area contributed by atoms with Crippen molar-refractivity contribution in [1.29, 1.82) is 0 Å². The topological polar surface area (TPSA) is 43.4 Å². The molecule has 0 radical (unpaired) electrons. The van der Waals surface area contributed by atoms with Gasteiger partial charge in [-0.25, -0.2) is 0 Å². The molecule has 3 heteroatoms. The predicted molar refractivity (Wildman–Crippen MR) is 78.0 cm³/mol. The van der Waals surface area contributed by atoms with Crippen LogP contribution in [0.4, 0.5) is 0 Å². The first-order valence-electron chi connectivity index (χ1n) is 7.10. The summed E-state index contributed by atoms with van der Waals surface area (Å²) in [6.45, 7) is 7.88. The number of aryl methyl sites for hydroxylation is 2. The molecule has 0 saturated heterocycles. The molecule has 0 N–H and O–H groups in total. The molecule has 2 rings (SSSR count). The molecule has 3 nitrogen and oxygen atoms in total. The maximum absolute atomic E-state index is 12.1. The minimum Gasteiger partial charge on any atom is -0.466 e. The van der Waals surface area contributed by atoms with Gasteiger partial charge in [0.25, 0.3) is 0 Å². The maximum atomic E-state index is 12.1. The SMILES string of the molecule is Cc1ccc(C(C)CC(=O)CC(C)c2ccc(C)o2)o1. The van der Waals surface area contributed by atoms with Crippen LogP contribution in [-0.4, -0.2) is 5.78 Å². The minimum atomic E-state index is 0.127. The second kappa shape index (κ2) is 6.12. The van der Waals surface area contributed by atoms with E-state index in [1.165, 1.54) is 0 Å². The molecule has 0 amide bonds. The zero-order chi connectivity index (χ0) is 14.7. The highest BCUT2D eigenvalue weighted by Gasteiger charge is 2.18. The number of carbonyl (C=O) groups is 1. The highest BCUT2D eigenvalue weighted by atomic mass is 16.3. The monoisotopic (exact) mass is 274 g/mol. The summed E-state index contributed by atoms with van der Waals surface area (Å²) < 4.78 is 11.1. The van der Waals surface area contributed by atoms with Crippen molar-refractivity contribution < 1.29 is 13.6 Å². The van der Waals surface area contributed by atoms with Gasteiger partial charge in [0.15, 0.2) is 0 Å². The lowest BCUT2D eigenvalue weighted by molar-refractivity contribution is -0.119. The van der Waals surface area contributed by atoms with E-state index in [1.54, 1.807) is 0 Å². The summed E-state index contributed by atoms with van der Waals surface area (Å²) >= 11 is 0. The molecular formula is C17H22O3. The van der Waals surface area contributed by atoms with E-state index in [1.807, 2.05) is 52.0 Å². The Morgan fingerprint density at radius 2 is 1.30 bits per heavy atom. The molecular weight excluding hydrogens is 252 g/mol. The van der Waals surface area contributed by atoms with Crippen LogP contribution in [-0.2, 0) is 4.79 Å². The van der Waals surface area contributed by atoms with E-state index in [0.29, 0.717) is 12.8 Å². The summed E-state index contributed by atoms with van der Waals surface area (Å²) in [4.78, 5) is 12.1. The van der Waals surface area contributed by atoms with Crippen LogP contribution >= 0.6 is 0 Å². The zero-order valence-corrected chi connectivity index (χ0v) is 12.6. The molecule has 108 valence electrons. The molecule has 0 aliphatic heterocycles. The largest absolute Gasteiger partial charge is 0.466 e. The lowest BCUT2D eigenvalue weighted by Crippen LogP contribution is -2.07. The Labute approximate surface area is 120 Å². The van der Waals surface area contributed by atoms with Gasteiger partial charge in [0.2, 0.25) is 0 Å². The van der Waals surface area contributed by atoms with Crippen molar-refractivity contribution >= 4 is 5.78 Å². The lowest BCUT2D eigenvalue weighted by atomic mass is 9.95. The molecule has 2 aromatic heterocycles. The van der Waals surface area contributed by atoms with E-state index < -0.39 is 0 Å². The van der Waals surface area contributed by atoms with Gasteiger partial charge in [0, 0.05) is 24.7 Å². The van der Waals surface area contributed by atoms with Crippen LogP contribution in [0, 0.1) is 13.8 Å². The Balaban J connectivity index is 1.89. The van der Waals surface area contributed by atoms with Gasteiger partial charge in [-0.15, -0.1) is 0 Å². The number of Topliss-reactive ketones (excluding diaryl/α,β-unsaturated/α-hetero) is 1. The van der Waals surface area contributed by atoms with Gasteiger partial charge in [-0.3, -0.25) is 4.79 Å². The van der Waals surface area contributed by atoms with E-state index in [9.17, 15) is 4.79 Å². The Hall–Kier alpha value is -1.77. The minimum absolute atomic E-state index is 0.127. The molecule has 0 fully saturated rings.